The minimum Gasteiger partial charge on any atom is -0.469 e. The van der Waals surface area contributed by atoms with Crippen LogP contribution in [0.2, 0.25) is 0 Å². The zero-order valence-corrected chi connectivity index (χ0v) is 16.0. The van der Waals surface area contributed by atoms with Crippen LogP contribution in [0.15, 0.2) is 11.6 Å². The lowest BCUT2D eigenvalue weighted by molar-refractivity contribution is -0.164. The number of rotatable bonds is 3. The van der Waals surface area contributed by atoms with Crippen LogP contribution < -0.4 is 0 Å². The number of esters is 2. The molecule has 1 aliphatic carbocycles. The summed E-state index contributed by atoms with van der Waals surface area (Å²) in [6.45, 7) is 8.95. The third-order valence-corrected chi connectivity index (χ3v) is 6.07. The van der Waals surface area contributed by atoms with Crippen LogP contribution in [0.5, 0.6) is 0 Å². The summed E-state index contributed by atoms with van der Waals surface area (Å²) < 4.78 is 16.0. The highest BCUT2D eigenvalue weighted by Crippen LogP contribution is 2.51. The van der Waals surface area contributed by atoms with E-state index in [1.807, 2.05) is 6.92 Å². The van der Waals surface area contributed by atoms with Gasteiger partial charge in [-0.1, -0.05) is 33.3 Å². The van der Waals surface area contributed by atoms with Crippen LogP contribution in [0.3, 0.4) is 0 Å². The first kappa shape index (κ1) is 18.4. The summed E-state index contributed by atoms with van der Waals surface area (Å²) >= 11 is 0. The number of allylic oxidation sites excluding steroid dienone is 1. The van der Waals surface area contributed by atoms with Crippen molar-refractivity contribution in [1.82, 2.24) is 0 Å². The Bertz CT molecular complexity index is 593. The van der Waals surface area contributed by atoms with Crippen LogP contribution in [0.1, 0.15) is 59.8 Å². The van der Waals surface area contributed by atoms with E-state index in [1.54, 1.807) is 0 Å². The van der Waals surface area contributed by atoms with Crippen molar-refractivity contribution in [3.8, 4) is 0 Å². The van der Waals surface area contributed by atoms with Gasteiger partial charge in [0.05, 0.1) is 31.5 Å². The number of methoxy groups -OCH3 is 1. The van der Waals surface area contributed by atoms with Gasteiger partial charge < -0.3 is 14.2 Å². The predicted octanol–water partition coefficient (Wildman–Crippen LogP) is 3.62. The Labute approximate surface area is 150 Å². The van der Waals surface area contributed by atoms with Gasteiger partial charge in [-0.3, -0.25) is 9.59 Å². The van der Waals surface area contributed by atoms with Crippen molar-refractivity contribution in [3.63, 3.8) is 0 Å². The molecule has 0 spiro atoms. The maximum Gasteiger partial charge on any atom is 0.312 e. The molecule has 3 rings (SSSR count). The normalized spacial score (nSPS) is 41.5. The highest BCUT2D eigenvalue weighted by Gasteiger charge is 2.54. The molecule has 0 aromatic carbocycles. The van der Waals surface area contributed by atoms with Gasteiger partial charge in [-0.15, -0.1) is 0 Å². The second-order valence-electron chi connectivity index (χ2n) is 8.99. The van der Waals surface area contributed by atoms with Crippen LogP contribution in [-0.2, 0) is 23.8 Å². The lowest BCUT2D eigenvalue weighted by atomic mass is 9.63. The molecule has 1 saturated carbocycles. The first-order valence-electron chi connectivity index (χ1n) is 9.30. The third kappa shape index (κ3) is 3.62. The Morgan fingerprint density at radius 1 is 1.32 bits per heavy atom. The summed E-state index contributed by atoms with van der Waals surface area (Å²) in [5, 5.41) is 0. The van der Waals surface area contributed by atoms with E-state index in [0.29, 0.717) is 5.41 Å². The Hall–Kier alpha value is -1.36. The maximum atomic E-state index is 12.2. The molecule has 0 N–H and O–H groups in total. The Balaban J connectivity index is 1.89. The number of carbonyl (C=O) groups is 2. The average Bonchev–Trinajstić information content (AvgIpc) is 2.94. The first-order chi connectivity index (χ1) is 11.6. The summed E-state index contributed by atoms with van der Waals surface area (Å²) in [6, 6.07) is 0. The standard InChI is InChI=1S/C20H30O5/c1-12-14(10-20(4)8-6-7-19(2,3)11-20)16-13(9-15(21)23-5)17(22)25-18(16)24-12/h10,12-13,16,18H,6-9,11H2,1-5H3/b14-10-/t12-,13-,16-,18+,20-/m0/s1. The van der Waals surface area contributed by atoms with Crippen molar-refractivity contribution in [1.29, 1.82) is 0 Å². The topological polar surface area (TPSA) is 61.8 Å². The van der Waals surface area contributed by atoms with E-state index in [4.69, 9.17) is 14.2 Å². The molecule has 5 heteroatoms. The van der Waals surface area contributed by atoms with Crippen LogP contribution in [0, 0.1) is 22.7 Å². The summed E-state index contributed by atoms with van der Waals surface area (Å²) in [7, 11) is 1.34. The van der Waals surface area contributed by atoms with Gasteiger partial charge in [0.1, 0.15) is 0 Å². The van der Waals surface area contributed by atoms with Crippen LogP contribution in [-0.4, -0.2) is 31.4 Å². The molecule has 3 aliphatic rings. The number of ether oxygens (including phenoxy) is 3. The molecule has 0 aromatic heterocycles. The Morgan fingerprint density at radius 2 is 2.04 bits per heavy atom. The van der Waals surface area contributed by atoms with Gasteiger partial charge in [-0.05, 0) is 42.6 Å². The number of fused-ring (bicyclic) bond motifs is 1. The van der Waals surface area contributed by atoms with Gasteiger partial charge in [-0.2, -0.15) is 0 Å². The van der Waals surface area contributed by atoms with Gasteiger partial charge in [0.2, 0.25) is 6.29 Å². The minimum atomic E-state index is -0.566. The quantitative estimate of drug-likeness (QED) is 0.575. The lowest BCUT2D eigenvalue weighted by Gasteiger charge is -2.42. The van der Waals surface area contributed by atoms with Crippen molar-refractivity contribution in [2.45, 2.75) is 72.2 Å². The molecule has 3 fully saturated rings. The van der Waals surface area contributed by atoms with Gasteiger partial charge in [-0.25, -0.2) is 0 Å². The largest absolute Gasteiger partial charge is 0.469 e. The van der Waals surface area contributed by atoms with E-state index < -0.39 is 12.2 Å². The number of hydrogen-bond donors (Lipinski definition) is 0. The Kier molecular flexibility index (Phi) is 4.73. The summed E-state index contributed by atoms with van der Waals surface area (Å²) in [6.07, 6.45) is 6.42. The molecule has 0 unspecified atom stereocenters. The lowest BCUT2D eigenvalue weighted by Crippen LogP contribution is -2.31. The molecule has 140 valence electrons. The van der Waals surface area contributed by atoms with Crippen LogP contribution >= 0.6 is 0 Å². The SMILES string of the molecule is COC(=O)C[C@@H]1C(=O)O[C@H]2O[C@@H](C)/C(=C/[C@]3(C)CCCC(C)(C)C3)[C@@H]21. The molecule has 5 atom stereocenters. The van der Waals surface area contributed by atoms with Crippen molar-refractivity contribution >= 4 is 11.9 Å². The molecule has 0 radical (unpaired) electrons. The zero-order chi connectivity index (χ0) is 18.4. The van der Waals surface area contributed by atoms with Crippen molar-refractivity contribution in [2.24, 2.45) is 22.7 Å². The van der Waals surface area contributed by atoms with E-state index in [1.165, 1.54) is 20.0 Å². The summed E-state index contributed by atoms with van der Waals surface area (Å²) in [4.78, 5) is 24.0. The smallest absolute Gasteiger partial charge is 0.312 e. The van der Waals surface area contributed by atoms with Crippen LogP contribution in [0.4, 0.5) is 0 Å². The molecule has 0 aromatic rings. The summed E-state index contributed by atoms with van der Waals surface area (Å²) in [5.41, 5.74) is 1.52. The molecule has 25 heavy (non-hydrogen) atoms. The summed E-state index contributed by atoms with van der Waals surface area (Å²) in [5.74, 6) is -1.42. The van der Waals surface area contributed by atoms with Crippen molar-refractivity contribution in [3.05, 3.63) is 11.6 Å². The van der Waals surface area contributed by atoms with E-state index in [2.05, 4.69) is 26.8 Å². The molecular weight excluding hydrogens is 320 g/mol. The molecule has 5 nitrogen and oxygen atoms in total. The molecule has 0 amide bonds. The monoisotopic (exact) mass is 350 g/mol. The fourth-order valence-electron chi connectivity index (χ4n) is 5.12. The first-order valence-corrected chi connectivity index (χ1v) is 9.30. The molecule has 0 bridgehead atoms. The average molecular weight is 350 g/mol. The van der Waals surface area contributed by atoms with E-state index >= 15 is 0 Å². The maximum absolute atomic E-state index is 12.2. The van der Waals surface area contributed by atoms with Crippen LogP contribution in [0.25, 0.3) is 0 Å². The van der Waals surface area contributed by atoms with E-state index in [-0.39, 0.29) is 35.8 Å². The second kappa shape index (κ2) is 6.42. The second-order valence-corrected chi connectivity index (χ2v) is 8.99. The van der Waals surface area contributed by atoms with Gasteiger partial charge in [0.15, 0.2) is 0 Å². The van der Waals surface area contributed by atoms with E-state index in [0.717, 1.165) is 18.4 Å². The van der Waals surface area contributed by atoms with Gasteiger partial charge >= 0.3 is 11.9 Å². The fourth-order valence-corrected chi connectivity index (χ4v) is 5.12. The molecular formula is C20H30O5. The molecule has 2 aliphatic heterocycles. The van der Waals surface area contributed by atoms with Gasteiger partial charge in [0, 0.05) is 0 Å². The fraction of sp³-hybridized carbons (Fsp3) is 0.800. The highest BCUT2D eigenvalue weighted by molar-refractivity contribution is 5.82. The predicted molar refractivity (Wildman–Crippen MR) is 92.5 cm³/mol. The molecule has 2 heterocycles. The zero-order valence-electron chi connectivity index (χ0n) is 16.0. The molecule has 2 saturated heterocycles. The van der Waals surface area contributed by atoms with Crippen molar-refractivity contribution < 1.29 is 23.8 Å². The number of hydrogen-bond acceptors (Lipinski definition) is 5. The third-order valence-electron chi connectivity index (χ3n) is 6.07. The minimum absolute atomic E-state index is 0.0477. The number of carbonyl (C=O) groups excluding carboxylic acids is 2. The van der Waals surface area contributed by atoms with E-state index in [9.17, 15) is 9.59 Å². The van der Waals surface area contributed by atoms with Gasteiger partial charge in [0.25, 0.3) is 0 Å². The Morgan fingerprint density at radius 3 is 2.68 bits per heavy atom. The highest BCUT2D eigenvalue weighted by atomic mass is 16.7. The van der Waals surface area contributed by atoms with Crippen molar-refractivity contribution in [2.75, 3.05) is 7.11 Å².